The first-order valence-electron chi connectivity index (χ1n) is 7.52. The van der Waals surface area contributed by atoms with Gasteiger partial charge in [-0.3, -0.25) is 19.8 Å². The largest absolute Gasteiger partial charge is 0.466 e. The van der Waals surface area contributed by atoms with Crippen LogP contribution in [0.15, 0.2) is 0 Å². The second kappa shape index (κ2) is 10.1. The molecule has 0 unspecified atom stereocenters. The molecule has 8 heteroatoms. The minimum absolute atomic E-state index is 0.0865. The lowest BCUT2D eigenvalue weighted by Crippen LogP contribution is -2.47. The van der Waals surface area contributed by atoms with Gasteiger partial charge in [-0.2, -0.15) is 0 Å². The van der Waals surface area contributed by atoms with Crippen molar-refractivity contribution in [3.05, 3.63) is 0 Å². The summed E-state index contributed by atoms with van der Waals surface area (Å²) in [5.74, 6) is -0.606. The van der Waals surface area contributed by atoms with Crippen LogP contribution in [-0.2, 0) is 19.1 Å². The number of likely N-dealkylation sites (tertiary alicyclic amines) is 1. The monoisotopic (exact) mass is 315 g/mol. The van der Waals surface area contributed by atoms with Gasteiger partial charge >= 0.3 is 12.0 Å². The van der Waals surface area contributed by atoms with Crippen LogP contribution in [0.1, 0.15) is 19.8 Å². The summed E-state index contributed by atoms with van der Waals surface area (Å²) in [4.78, 5) is 36.7. The molecule has 0 aliphatic carbocycles. The van der Waals surface area contributed by atoms with E-state index in [4.69, 9.17) is 9.47 Å². The fourth-order valence-electron chi connectivity index (χ4n) is 2.27. The number of hydrogen-bond donors (Lipinski definition) is 2. The van der Waals surface area contributed by atoms with Gasteiger partial charge in [-0.1, -0.05) is 0 Å². The zero-order valence-corrected chi connectivity index (χ0v) is 13.2. The quantitative estimate of drug-likeness (QED) is 0.496. The highest BCUT2D eigenvalue weighted by atomic mass is 16.5. The Morgan fingerprint density at radius 1 is 1.23 bits per heavy atom. The van der Waals surface area contributed by atoms with Gasteiger partial charge < -0.3 is 14.8 Å². The number of methoxy groups -OCH3 is 1. The topological polar surface area (TPSA) is 97.0 Å². The number of amides is 3. The molecule has 1 aliphatic heterocycles. The van der Waals surface area contributed by atoms with Crippen LogP contribution in [0.5, 0.6) is 0 Å². The Bertz CT molecular complexity index is 381. The number of imide groups is 1. The smallest absolute Gasteiger partial charge is 0.321 e. The number of rotatable bonds is 7. The molecule has 1 saturated heterocycles. The Morgan fingerprint density at radius 3 is 2.50 bits per heavy atom. The van der Waals surface area contributed by atoms with Crippen LogP contribution in [-0.4, -0.2) is 69.3 Å². The number of carbonyl (C=O) groups is 3. The number of ether oxygens (including phenoxy) is 2. The number of carbonyl (C=O) groups excluding carboxylic acids is 3. The highest BCUT2D eigenvalue weighted by Crippen LogP contribution is 2.18. The van der Waals surface area contributed by atoms with Crippen molar-refractivity contribution >= 4 is 17.9 Å². The molecule has 0 radical (unpaired) electrons. The normalized spacial score (nSPS) is 16.1. The summed E-state index contributed by atoms with van der Waals surface area (Å²) in [6.45, 7) is 4.34. The van der Waals surface area contributed by atoms with E-state index in [2.05, 4.69) is 10.6 Å². The highest BCUT2D eigenvalue weighted by molar-refractivity contribution is 5.95. The summed E-state index contributed by atoms with van der Waals surface area (Å²) in [5, 5.41) is 4.77. The fourth-order valence-corrected chi connectivity index (χ4v) is 2.27. The Kier molecular flexibility index (Phi) is 8.46. The third kappa shape index (κ3) is 6.86. The van der Waals surface area contributed by atoms with Crippen molar-refractivity contribution in [3.63, 3.8) is 0 Å². The zero-order valence-electron chi connectivity index (χ0n) is 13.2. The van der Waals surface area contributed by atoms with Gasteiger partial charge in [-0.25, -0.2) is 4.79 Å². The second-order valence-corrected chi connectivity index (χ2v) is 5.10. The second-order valence-electron chi connectivity index (χ2n) is 5.10. The molecule has 0 spiro atoms. The summed E-state index contributed by atoms with van der Waals surface area (Å²) < 4.78 is 9.79. The summed E-state index contributed by atoms with van der Waals surface area (Å²) in [6.07, 6.45) is 1.35. The molecule has 2 N–H and O–H groups in total. The highest BCUT2D eigenvalue weighted by Gasteiger charge is 2.26. The molecule has 3 amide bonds. The Hall–Kier alpha value is -1.67. The van der Waals surface area contributed by atoms with Gasteiger partial charge in [0.2, 0.25) is 5.91 Å². The molecule has 0 bridgehead atoms. The molecule has 126 valence electrons. The van der Waals surface area contributed by atoms with E-state index in [9.17, 15) is 14.4 Å². The van der Waals surface area contributed by atoms with E-state index in [1.165, 1.54) is 7.11 Å². The Labute approximate surface area is 130 Å². The van der Waals surface area contributed by atoms with Crippen LogP contribution in [0.25, 0.3) is 0 Å². The van der Waals surface area contributed by atoms with E-state index in [0.29, 0.717) is 45.7 Å². The van der Waals surface area contributed by atoms with Gasteiger partial charge in [0.1, 0.15) is 0 Å². The maximum absolute atomic E-state index is 11.7. The molecule has 0 saturated carbocycles. The first kappa shape index (κ1) is 18.4. The number of urea groups is 1. The van der Waals surface area contributed by atoms with Crippen LogP contribution < -0.4 is 10.6 Å². The molecule has 0 aromatic rings. The van der Waals surface area contributed by atoms with Crippen molar-refractivity contribution in [2.45, 2.75) is 19.8 Å². The van der Waals surface area contributed by atoms with Crippen LogP contribution in [0, 0.1) is 5.92 Å². The minimum Gasteiger partial charge on any atom is -0.466 e. The minimum atomic E-state index is -0.525. The van der Waals surface area contributed by atoms with Crippen molar-refractivity contribution in [1.29, 1.82) is 0 Å². The molecular weight excluding hydrogens is 290 g/mol. The van der Waals surface area contributed by atoms with Crippen molar-refractivity contribution in [2.24, 2.45) is 5.92 Å². The molecule has 8 nitrogen and oxygen atoms in total. The van der Waals surface area contributed by atoms with Gasteiger partial charge in [0.25, 0.3) is 0 Å². The maximum Gasteiger partial charge on any atom is 0.321 e. The molecule has 0 atom stereocenters. The number of nitrogens with one attached hydrogen (secondary N) is 2. The summed E-state index contributed by atoms with van der Waals surface area (Å²) in [6, 6.07) is -0.525. The first-order valence-corrected chi connectivity index (χ1v) is 7.52. The number of esters is 1. The van der Waals surface area contributed by atoms with Crippen LogP contribution in [0.2, 0.25) is 0 Å². The van der Waals surface area contributed by atoms with Gasteiger partial charge in [0.05, 0.1) is 25.7 Å². The zero-order chi connectivity index (χ0) is 16.4. The molecule has 22 heavy (non-hydrogen) atoms. The summed E-state index contributed by atoms with van der Waals surface area (Å²) in [5.41, 5.74) is 0. The lowest BCUT2D eigenvalue weighted by molar-refractivity contribution is -0.149. The Balaban J connectivity index is 2.21. The van der Waals surface area contributed by atoms with E-state index >= 15 is 0 Å². The van der Waals surface area contributed by atoms with E-state index in [1.54, 1.807) is 6.92 Å². The predicted octanol–water partition coefficient (Wildman–Crippen LogP) is -0.266. The standard InChI is InChI=1S/C14H25N3O5/c1-3-22-13(19)11-4-7-17(8-5-11)10-12(18)16-14(20)15-6-9-21-2/h11H,3-10H2,1-2H3,(H2,15,16,18,20). The summed E-state index contributed by atoms with van der Waals surface area (Å²) in [7, 11) is 1.53. The third-order valence-electron chi connectivity index (χ3n) is 3.42. The Morgan fingerprint density at radius 2 is 1.91 bits per heavy atom. The van der Waals surface area contributed by atoms with E-state index < -0.39 is 6.03 Å². The molecule has 1 rings (SSSR count). The average Bonchev–Trinajstić information content (AvgIpc) is 2.48. The third-order valence-corrected chi connectivity index (χ3v) is 3.42. The maximum atomic E-state index is 11.7. The average molecular weight is 315 g/mol. The van der Waals surface area contributed by atoms with Crippen molar-refractivity contribution < 1.29 is 23.9 Å². The summed E-state index contributed by atoms with van der Waals surface area (Å²) >= 11 is 0. The van der Waals surface area contributed by atoms with Crippen molar-refractivity contribution in [2.75, 3.05) is 46.5 Å². The first-order chi connectivity index (χ1) is 10.6. The van der Waals surface area contributed by atoms with E-state index in [-0.39, 0.29) is 24.3 Å². The predicted molar refractivity (Wildman–Crippen MR) is 79.2 cm³/mol. The molecule has 1 aliphatic rings. The van der Waals surface area contributed by atoms with Crippen LogP contribution >= 0.6 is 0 Å². The van der Waals surface area contributed by atoms with Crippen LogP contribution in [0.3, 0.4) is 0 Å². The van der Waals surface area contributed by atoms with Crippen molar-refractivity contribution in [3.8, 4) is 0 Å². The van der Waals surface area contributed by atoms with Crippen LogP contribution in [0.4, 0.5) is 4.79 Å². The number of nitrogens with zero attached hydrogens (tertiary/aromatic N) is 1. The molecular formula is C14H25N3O5. The molecule has 0 aromatic carbocycles. The number of piperidine rings is 1. The van der Waals surface area contributed by atoms with E-state index in [1.807, 2.05) is 4.90 Å². The van der Waals surface area contributed by atoms with Gasteiger partial charge in [0, 0.05) is 13.7 Å². The lowest BCUT2D eigenvalue weighted by Gasteiger charge is -2.30. The molecule has 0 aromatic heterocycles. The van der Waals surface area contributed by atoms with Gasteiger partial charge in [-0.15, -0.1) is 0 Å². The van der Waals surface area contributed by atoms with Crippen molar-refractivity contribution in [1.82, 2.24) is 15.5 Å². The number of hydrogen-bond acceptors (Lipinski definition) is 6. The van der Waals surface area contributed by atoms with E-state index in [0.717, 1.165) is 0 Å². The van der Waals surface area contributed by atoms with Gasteiger partial charge in [0.15, 0.2) is 0 Å². The lowest BCUT2D eigenvalue weighted by atomic mass is 9.97. The molecule has 1 fully saturated rings. The SMILES string of the molecule is CCOC(=O)C1CCN(CC(=O)NC(=O)NCCOC)CC1. The van der Waals surface area contributed by atoms with Gasteiger partial charge in [-0.05, 0) is 32.9 Å². The fraction of sp³-hybridized carbons (Fsp3) is 0.786. The molecule has 1 heterocycles.